The van der Waals surface area contributed by atoms with Gasteiger partial charge in [-0.15, -0.1) is 0 Å². The maximum Gasteiger partial charge on any atom is 0.123 e. The summed E-state index contributed by atoms with van der Waals surface area (Å²) in [6, 6.07) is 6.01. The molecular weight excluding hydrogens is 505 g/mol. The number of thiol groups is 1. The van der Waals surface area contributed by atoms with E-state index in [9.17, 15) is 14.6 Å². The lowest BCUT2D eigenvalue weighted by atomic mass is 9.72. The predicted octanol–water partition coefficient (Wildman–Crippen LogP) is 9.93. The Labute approximate surface area is 245 Å². The van der Waals surface area contributed by atoms with E-state index >= 15 is 0 Å². The molecule has 2 aromatic rings. The van der Waals surface area contributed by atoms with Crippen LogP contribution in [-0.2, 0) is 6.42 Å². The zero-order valence-electron chi connectivity index (χ0n) is 27.0. The molecule has 1 aliphatic rings. The highest BCUT2D eigenvalue weighted by atomic mass is 32.1. The predicted molar refractivity (Wildman–Crippen MR) is 170 cm³/mol. The molecular formula is C34H58FNO2S. The molecule has 2 N–H and O–H groups in total. The van der Waals surface area contributed by atoms with Crippen LogP contribution < -0.4 is 0 Å². The van der Waals surface area contributed by atoms with Crippen molar-refractivity contribution in [1.82, 2.24) is 4.98 Å². The Morgan fingerprint density at radius 2 is 1.59 bits per heavy atom. The maximum atomic E-state index is 13.4. The van der Waals surface area contributed by atoms with Gasteiger partial charge in [-0.3, -0.25) is 4.98 Å². The van der Waals surface area contributed by atoms with Gasteiger partial charge in [-0.05, 0) is 73.0 Å². The van der Waals surface area contributed by atoms with Crippen LogP contribution in [0.2, 0.25) is 0 Å². The fourth-order valence-electron chi connectivity index (χ4n) is 4.90. The quantitative estimate of drug-likeness (QED) is 0.307. The van der Waals surface area contributed by atoms with Crippen LogP contribution in [0, 0.1) is 23.6 Å². The molecule has 1 aliphatic carbocycles. The number of halogens is 1. The number of hydrogen-bond acceptors (Lipinski definition) is 4. The summed E-state index contributed by atoms with van der Waals surface area (Å²) in [5.74, 6) is -0.0761. The van der Waals surface area contributed by atoms with Gasteiger partial charge in [-0.25, -0.2) is 4.39 Å². The Hall–Kier alpha value is -1.43. The first-order valence-corrected chi connectivity index (χ1v) is 15.7. The molecule has 0 fully saturated rings. The van der Waals surface area contributed by atoms with Crippen molar-refractivity contribution < 1.29 is 14.6 Å². The Morgan fingerprint density at radius 1 is 1.08 bits per heavy atom. The summed E-state index contributed by atoms with van der Waals surface area (Å²) in [7, 11) is 0. The summed E-state index contributed by atoms with van der Waals surface area (Å²) in [5, 5.41) is 22.2. The Bertz CT molecular complexity index is 967. The normalized spacial score (nSPS) is 17.2. The number of aromatic nitrogens is 1. The molecule has 1 aromatic carbocycles. The van der Waals surface area contributed by atoms with Crippen molar-refractivity contribution in [2.24, 2.45) is 10.8 Å². The van der Waals surface area contributed by atoms with Crippen molar-refractivity contribution in [2.45, 2.75) is 133 Å². The van der Waals surface area contributed by atoms with Gasteiger partial charge in [0.1, 0.15) is 11.9 Å². The van der Waals surface area contributed by atoms with E-state index in [-0.39, 0.29) is 17.2 Å². The number of aliphatic hydroxyl groups is 2. The highest BCUT2D eigenvalue weighted by molar-refractivity contribution is 7.79. The highest BCUT2D eigenvalue weighted by Crippen LogP contribution is 2.45. The van der Waals surface area contributed by atoms with Crippen molar-refractivity contribution in [2.75, 3.05) is 6.26 Å². The summed E-state index contributed by atoms with van der Waals surface area (Å²) in [6.07, 6.45) is 5.97. The molecule has 1 aromatic heterocycles. The van der Waals surface area contributed by atoms with Crippen LogP contribution >= 0.6 is 12.6 Å². The van der Waals surface area contributed by atoms with Crippen molar-refractivity contribution in [1.29, 1.82) is 0 Å². The van der Waals surface area contributed by atoms with E-state index in [4.69, 9.17) is 4.98 Å². The molecule has 39 heavy (non-hydrogen) atoms. The van der Waals surface area contributed by atoms with Gasteiger partial charge >= 0.3 is 0 Å². The molecule has 5 heteroatoms. The van der Waals surface area contributed by atoms with Crippen molar-refractivity contribution in [3.05, 3.63) is 63.7 Å². The van der Waals surface area contributed by atoms with Crippen molar-refractivity contribution >= 4 is 12.6 Å². The van der Waals surface area contributed by atoms with E-state index in [1.165, 1.54) is 18.6 Å². The molecule has 1 heterocycles. The third kappa shape index (κ3) is 11.2. The number of fused-ring (bicyclic) bond motifs is 1. The minimum atomic E-state index is -0.892. The summed E-state index contributed by atoms with van der Waals surface area (Å²) >= 11 is 3.53. The zero-order valence-corrected chi connectivity index (χ0v) is 27.8. The van der Waals surface area contributed by atoms with Gasteiger partial charge in [-0.2, -0.15) is 12.6 Å². The Kier molecular flexibility index (Phi) is 16.8. The Morgan fingerprint density at radius 3 is 2.03 bits per heavy atom. The minimum Gasteiger partial charge on any atom is -0.388 e. The lowest BCUT2D eigenvalue weighted by Gasteiger charge is -2.37. The van der Waals surface area contributed by atoms with Gasteiger partial charge in [-0.1, -0.05) is 94.2 Å². The van der Waals surface area contributed by atoms with Gasteiger partial charge in [0.15, 0.2) is 0 Å². The van der Waals surface area contributed by atoms with Gasteiger partial charge in [0.25, 0.3) is 0 Å². The number of pyridine rings is 1. The Balaban J connectivity index is 0.00000126. The van der Waals surface area contributed by atoms with E-state index in [1.54, 1.807) is 18.4 Å². The van der Waals surface area contributed by atoms with Gasteiger partial charge in [0.05, 0.1) is 11.8 Å². The second-order valence-electron chi connectivity index (χ2n) is 12.2. The SMILES string of the molecule is CC.CCC(C)(C)C.CCCC(CC)c1nc2c(c(C)c1[C@@H](O)c1ccc(F)cc1)C(O)CC(C)(C)C2.CS. The maximum absolute atomic E-state index is 13.4. The molecule has 224 valence electrons. The smallest absolute Gasteiger partial charge is 0.123 e. The molecule has 0 saturated heterocycles. The average molecular weight is 564 g/mol. The molecule has 0 amide bonds. The first kappa shape index (κ1) is 37.6. The number of hydrogen-bond donors (Lipinski definition) is 3. The number of rotatable bonds is 6. The van der Waals surface area contributed by atoms with Crippen LogP contribution in [-0.4, -0.2) is 21.5 Å². The van der Waals surface area contributed by atoms with Crippen LogP contribution in [0.5, 0.6) is 0 Å². The lowest BCUT2D eigenvalue weighted by Crippen LogP contribution is -2.29. The van der Waals surface area contributed by atoms with Crippen LogP contribution in [0.25, 0.3) is 0 Å². The molecule has 3 nitrogen and oxygen atoms in total. The average Bonchev–Trinajstić information content (AvgIpc) is 2.88. The van der Waals surface area contributed by atoms with Gasteiger partial charge in [0.2, 0.25) is 0 Å². The highest BCUT2D eigenvalue weighted by Gasteiger charge is 2.36. The summed E-state index contributed by atoms with van der Waals surface area (Å²) < 4.78 is 13.4. The van der Waals surface area contributed by atoms with Crippen LogP contribution in [0.1, 0.15) is 153 Å². The lowest BCUT2D eigenvalue weighted by molar-refractivity contribution is 0.0967. The van der Waals surface area contributed by atoms with Crippen LogP contribution in [0.3, 0.4) is 0 Å². The van der Waals surface area contributed by atoms with E-state index in [2.05, 4.69) is 68.0 Å². The summed E-state index contributed by atoms with van der Waals surface area (Å²) in [5.41, 5.74) is 5.67. The minimum absolute atomic E-state index is 0.00726. The van der Waals surface area contributed by atoms with Gasteiger partial charge < -0.3 is 10.2 Å². The second kappa shape index (κ2) is 17.4. The zero-order chi connectivity index (χ0) is 30.6. The monoisotopic (exact) mass is 563 g/mol. The number of benzene rings is 1. The first-order chi connectivity index (χ1) is 18.2. The second-order valence-corrected chi connectivity index (χ2v) is 12.2. The van der Waals surface area contributed by atoms with E-state index in [0.29, 0.717) is 17.4 Å². The molecule has 0 radical (unpaired) electrons. The van der Waals surface area contributed by atoms with Gasteiger partial charge in [0, 0.05) is 22.7 Å². The largest absolute Gasteiger partial charge is 0.388 e. The topological polar surface area (TPSA) is 53.4 Å². The number of nitrogens with zero attached hydrogens (tertiary/aromatic N) is 1. The molecule has 0 saturated carbocycles. The number of aliphatic hydroxyl groups excluding tert-OH is 2. The van der Waals surface area contributed by atoms with Crippen LogP contribution in [0.4, 0.5) is 4.39 Å². The van der Waals surface area contributed by atoms with E-state index in [0.717, 1.165) is 53.8 Å². The fourth-order valence-corrected chi connectivity index (χ4v) is 4.90. The molecule has 0 aliphatic heterocycles. The van der Waals surface area contributed by atoms with Crippen molar-refractivity contribution in [3.8, 4) is 0 Å². The van der Waals surface area contributed by atoms with E-state index < -0.39 is 12.2 Å². The summed E-state index contributed by atoms with van der Waals surface area (Å²) in [6.45, 7) is 23.6. The third-order valence-electron chi connectivity index (χ3n) is 7.41. The molecule has 0 spiro atoms. The van der Waals surface area contributed by atoms with E-state index in [1.807, 2.05) is 20.8 Å². The van der Waals surface area contributed by atoms with Crippen LogP contribution in [0.15, 0.2) is 24.3 Å². The fraction of sp³-hybridized carbons (Fsp3) is 0.676. The molecule has 0 bridgehead atoms. The third-order valence-corrected chi connectivity index (χ3v) is 7.41. The molecule has 3 rings (SSSR count). The standard InChI is InChI=1S/C25H34FNO2.C6H14.C2H6.CH4S/c1-6-8-16(7-2)23-22(24(29)17-9-11-18(26)12-10-17)15(3)21-19(27-23)13-25(4,5)14-20(21)28;1-5-6(2,3)4;2*1-2/h9-12,16,20,24,28-29H,6-8,13-14H2,1-5H3;5H2,1-4H3;1-2H3;2H,1H3/t16?,20?,24-;;;/m0.../s1. The van der Waals surface area contributed by atoms with Crippen molar-refractivity contribution in [3.63, 3.8) is 0 Å². The molecule has 3 atom stereocenters. The first-order valence-electron chi connectivity index (χ1n) is 14.8. The molecule has 2 unspecified atom stereocenters. The summed E-state index contributed by atoms with van der Waals surface area (Å²) in [4.78, 5) is 5.08.